The van der Waals surface area contributed by atoms with Crippen LogP contribution in [-0.2, 0) is 13.6 Å². The molecule has 0 radical (unpaired) electrons. The molecule has 1 aliphatic rings. The van der Waals surface area contributed by atoms with Crippen molar-refractivity contribution in [2.45, 2.75) is 19.4 Å². The van der Waals surface area contributed by atoms with Gasteiger partial charge in [0.05, 0.1) is 19.7 Å². The first-order valence-electron chi connectivity index (χ1n) is 10.0. The Hall–Kier alpha value is -3.29. The number of hydrogen-bond acceptors (Lipinski definition) is 5. The first-order chi connectivity index (χ1) is 14.5. The topological polar surface area (TPSA) is 78.6 Å². The predicted octanol–water partition coefficient (Wildman–Crippen LogP) is 2.30. The molecule has 8 nitrogen and oxygen atoms in total. The minimum atomic E-state index is -0.0503. The molecule has 4 rings (SSSR count). The number of likely N-dealkylation sites (tertiary alicyclic amines) is 1. The summed E-state index contributed by atoms with van der Waals surface area (Å²) in [5, 5.41) is 0. The van der Waals surface area contributed by atoms with Crippen molar-refractivity contribution in [1.82, 2.24) is 19.0 Å². The van der Waals surface area contributed by atoms with Crippen molar-refractivity contribution in [2.75, 3.05) is 27.3 Å². The lowest BCUT2D eigenvalue weighted by atomic mass is 9.96. The molecule has 1 aromatic carbocycles. The van der Waals surface area contributed by atoms with Gasteiger partial charge in [-0.25, -0.2) is 9.78 Å². The Morgan fingerprint density at radius 3 is 2.43 bits per heavy atom. The highest BCUT2D eigenvalue weighted by molar-refractivity contribution is 5.95. The molecule has 1 amide bonds. The van der Waals surface area contributed by atoms with E-state index in [1.54, 1.807) is 54.8 Å². The van der Waals surface area contributed by atoms with Gasteiger partial charge in [-0.1, -0.05) is 0 Å². The van der Waals surface area contributed by atoms with Crippen LogP contribution in [0.15, 0.2) is 41.3 Å². The highest BCUT2D eigenvalue weighted by Gasteiger charge is 2.26. The summed E-state index contributed by atoms with van der Waals surface area (Å²) in [4.78, 5) is 31.9. The smallest absolute Gasteiger partial charge is 0.330 e. The molecule has 1 aliphatic heterocycles. The molecule has 0 unspecified atom stereocenters. The maximum atomic E-state index is 13.0. The lowest BCUT2D eigenvalue weighted by Crippen LogP contribution is -2.40. The van der Waals surface area contributed by atoms with Gasteiger partial charge in [0, 0.05) is 44.5 Å². The van der Waals surface area contributed by atoms with Gasteiger partial charge in [0.25, 0.3) is 5.91 Å². The number of imidazole rings is 1. The van der Waals surface area contributed by atoms with Crippen LogP contribution in [0.2, 0.25) is 0 Å². The number of benzene rings is 1. The second-order valence-electron chi connectivity index (χ2n) is 7.64. The molecule has 158 valence electrons. The lowest BCUT2D eigenvalue weighted by molar-refractivity contribution is 0.0682. The van der Waals surface area contributed by atoms with Crippen LogP contribution in [0.5, 0.6) is 11.5 Å². The van der Waals surface area contributed by atoms with Crippen molar-refractivity contribution in [1.29, 1.82) is 0 Å². The Kier molecular flexibility index (Phi) is 5.48. The third-order valence-corrected chi connectivity index (χ3v) is 5.84. The lowest BCUT2D eigenvalue weighted by Gasteiger charge is -2.32. The Morgan fingerprint density at radius 2 is 1.80 bits per heavy atom. The van der Waals surface area contributed by atoms with E-state index in [0.717, 1.165) is 18.4 Å². The zero-order valence-electron chi connectivity index (χ0n) is 17.5. The van der Waals surface area contributed by atoms with Crippen molar-refractivity contribution < 1.29 is 14.3 Å². The van der Waals surface area contributed by atoms with Gasteiger partial charge in [0.1, 0.15) is 11.5 Å². The van der Waals surface area contributed by atoms with Crippen LogP contribution in [0, 0.1) is 5.92 Å². The minimum absolute atomic E-state index is 0.0327. The quantitative estimate of drug-likeness (QED) is 0.645. The van der Waals surface area contributed by atoms with E-state index in [1.807, 2.05) is 17.0 Å². The van der Waals surface area contributed by atoms with Crippen LogP contribution < -0.4 is 15.2 Å². The number of methoxy groups -OCH3 is 2. The summed E-state index contributed by atoms with van der Waals surface area (Å²) in [5.74, 6) is 1.47. The molecule has 1 fully saturated rings. The molecule has 0 bridgehead atoms. The number of nitrogens with zero attached hydrogens (tertiary/aromatic N) is 4. The monoisotopic (exact) mass is 410 g/mol. The number of aryl methyl sites for hydroxylation is 1. The van der Waals surface area contributed by atoms with Gasteiger partial charge >= 0.3 is 5.69 Å². The summed E-state index contributed by atoms with van der Waals surface area (Å²) in [5.41, 5.74) is 2.05. The van der Waals surface area contributed by atoms with Crippen molar-refractivity contribution in [2.24, 2.45) is 13.0 Å². The molecule has 0 saturated carbocycles. The van der Waals surface area contributed by atoms with Gasteiger partial charge in [-0.15, -0.1) is 0 Å². The standard InChI is InChI=1S/C22H26N4O4/c1-24-19-5-4-8-23-20(19)26(22(24)28)14-15-6-9-25(10-7-15)21(27)16-11-17(29-2)13-18(12-16)30-3/h4-5,8,11-13,15H,6-7,9-10,14H2,1-3H3. The maximum absolute atomic E-state index is 13.0. The molecule has 3 heterocycles. The molecule has 1 saturated heterocycles. The van der Waals surface area contributed by atoms with Gasteiger partial charge < -0.3 is 14.4 Å². The van der Waals surface area contributed by atoms with Crippen LogP contribution in [-0.4, -0.2) is 52.2 Å². The molecule has 0 atom stereocenters. The van der Waals surface area contributed by atoms with E-state index in [1.165, 1.54) is 0 Å². The molecular weight excluding hydrogens is 384 g/mol. The van der Waals surface area contributed by atoms with Gasteiger partial charge in [0.2, 0.25) is 0 Å². The van der Waals surface area contributed by atoms with E-state index < -0.39 is 0 Å². The summed E-state index contributed by atoms with van der Waals surface area (Å²) in [7, 11) is 4.91. The number of piperidine rings is 1. The van der Waals surface area contributed by atoms with Gasteiger partial charge in [-0.3, -0.25) is 13.9 Å². The maximum Gasteiger partial charge on any atom is 0.330 e. The molecule has 3 aromatic rings. The number of ether oxygens (including phenoxy) is 2. The van der Waals surface area contributed by atoms with Gasteiger partial charge in [0.15, 0.2) is 5.65 Å². The zero-order valence-corrected chi connectivity index (χ0v) is 17.5. The number of carbonyl (C=O) groups is 1. The average molecular weight is 410 g/mol. The number of fused-ring (bicyclic) bond motifs is 1. The first-order valence-corrected chi connectivity index (χ1v) is 10.0. The Bertz CT molecular complexity index is 1100. The largest absolute Gasteiger partial charge is 0.497 e. The second-order valence-corrected chi connectivity index (χ2v) is 7.64. The summed E-state index contributed by atoms with van der Waals surface area (Å²) < 4.78 is 13.9. The second kappa shape index (κ2) is 8.22. The third kappa shape index (κ3) is 3.65. The molecule has 0 aliphatic carbocycles. The van der Waals surface area contributed by atoms with Gasteiger partial charge in [-0.05, 0) is 43.0 Å². The van der Waals surface area contributed by atoms with Gasteiger partial charge in [-0.2, -0.15) is 0 Å². The third-order valence-electron chi connectivity index (χ3n) is 5.84. The molecule has 30 heavy (non-hydrogen) atoms. The fourth-order valence-electron chi connectivity index (χ4n) is 4.09. The summed E-state index contributed by atoms with van der Waals surface area (Å²) in [6, 6.07) is 8.96. The molecule has 2 aromatic heterocycles. The molecule has 0 spiro atoms. The number of aromatic nitrogens is 3. The normalized spacial score (nSPS) is 14.8. The van der Waals surface area contributed by atoms with Crippen LogP contribution in [0.1, 0.15) is 23.2 Å². The number of pyridine rings is 1. The average Bonchev–Trinajstić information content (AvgIpc) is 3.03. The predicted molar refractivity (Wildman–Crippen MR) is 113 cm³/mol. The fourth-order valence-corrected chi connectivity index (χ4v) is 4.09. The minimum Gasteiger partial charge on any atom is -0.497 e. The number of carbonyl (C=O) groups excluding carboxylic acids is 1. The van der Waals surface area contributed by atoms with Crippen molar-refractivity contribution >= 4 is 17.1 Å². The highest BCUT2D eigenvalue weighted by atomic mass is 16.5. The highest BCUT2D eigenvalue weighted by Crippen LogP contribution is 2.26. The first kappa shape index (κ1) is 20.0. The number of hydrogen-bond donors (Lipinski definition) is 0. The van der Waals surface area contributed by atoms with Crippen LogP contribution in [0.3, 0.4) is 0 Å². The fraction of sp³-hybridized carbons (Fsp3) is 0.409. The van der Waals surface area contributed by atoms with E-state index in [9.17, 15) is 9.59 Å². The Labute approximate surface area is 174 Å². The summed E-state index contributed by atoms with van der Waals surface area (Å²) >= 11 is 0. The number of rotatable bonds is 5. The van der Waals surface area contributed by atoms with Crippen molar-refractivity contribution in [3.8, 4) is 11.5 Å². The summed E-state index contributed by atoms with van der Waals surface area (Å²) in [6.45, 7) is 1.91. The summed E-state index contributed by atoms with van der Waals surface area (Å²) in [6.07, 6.45) is 3.38. The van der Waals surface area contributed by atoms with Crippen LogP contribution in [0.4, 0.5) is 0 Å². The number of amides is 1. The molecule has 0 N–H and O–H groups in total. The zero-order chi connectivity index (χ0) is 21.3. The van der Waals surface area contributed by atoms with Crippen LogP contribution in [0.25, 0.3) is 11.2 Å². The van der Waals surface area contributed by atoms with E-state index in [-0.39, 0.29) is 11.6 Å². The van der Waals surface area contributed by atoms with E-state index >= 15 is 0 Å². The SMILES string of the molecule is COc1cc(OC)cc(C(=O)N2CCC(Cn3c(=O)n(C)c4cccnc43)CC2)c1. The Balaban J connectivity index is 1.45. The van der Waals surface area contributed by atoms with Crippen molar-refractivity contribution in [3.63, 3.8) is 0 Å². The van der Waals surface area contributed by atoms with E-state index in [0.29, 0.717) is 48.3 Å². The Morgan fingerprint density at radius 1 is 1.13 bits per heavy atom. The van der Waals surface area contributed by atoms with E-state index in [2.05, 4.69) is 4.98 Å². The molecule has 8 heteroatoms. The molecular formula is C22H26N4O4. The van der Waals surface area contributed by atoms with Crippen molar-refractivity contribution in [3.05, 3.63) is 52.6 Å². The van der Waals surface area contributed by atoms with E-state index in [4.69, 9.17) is 9.47 Å². The van der Waals surface area contributed by atoms with Crippen LogP contribution >= 0.6 is 0 Å².